The van der Waals surface area contributed by atoms with Crippen LogP contribution in [0.4, 0.5) is 0 Å². The number of rotatable bonds is 4. The number of ether oxygens (including phenoxy) is 1. The summed E-state index contributed by atoms with van der Waals surface area (Å²) in [5, 5.41) is 0. The van der Waals surface area contributed by atoms with E-state index in [-0.39, 0.29) is 12.0 Å². The van der Waals surface area contributed by atoms with Crippen LogP contribution in [0.3, 0.4) is 0 Å². The maximum Gasteiger partial charge on any atom is 0.237 e. The third-order valence-electron chi connectivity index (χ3n) is 5.34. The van der Waals surface area contributed by atoms with Crippen LogP contribution in [0.5, 0.6) is 0 Å². The van der Waals surface area contributed by atoms with E-state index < -0.39 is 15.6 Å². The number of hydrogen-bond donors (Lipinski definition) is 0. The number of likely N-dealkylation sites (tertiary alicyclic amines) is 1. The molecule has 0 aromatic rings. The van der Waals surface area contributed by atoms with Crippen molar-refractivity contribution in [2.24, 2.45) is 11.8 Å². The largest absolute Gasteiger partial charge is 0.375 e. The first-order valence-corrected chi connectivity index (χ1v) is 10.8. The molecule has 2 atom stereocenters. The predicted molar refractivity (Wildman–Crippen MR) is 87.9 cm³/mol. The highest BCUT2D eigenvalue weighted by atomic mass is 32.2. The van der Waals surface area contributed by atoms with E-state index in [0.29, 0.717) is 25.6 Å². The summed E-state index contributed by atoms with van der Waals surface area (Å²) in [7, 11) is -3.27. The Kier molecular flexibility index (Phi) is 5.28. The van der Waals surface area contributed by atoms with Gasteiger partial charge in [0, 0.05) is 44.9 Å². The zero-order valence-corrected chi connectivity index (χ0v) is 14.8. The minimum Gasteiger partial charge on any atom is -0.375 e. The molecule has 132 valence electrons. The maximum absolute atomic E-state index is 12.1. The predicted octanol–water partition coefficient (Wildman–Crippen LogP) is 0.380. The highest BCUT2D eigenvalue weighted by Crippen LogP contribution is 2.28. The zero-order chi connectivity index (χ0) is 16.4. The first-order valence-electron chi connectivity index (χ1n) is 8.70. The Balaban J connectivity index is 1.55. The molecule has 2 heterocycles. The van der Waals surface area contributed by atoms with Crippen LogP contribution in [0.1, 0.15) is 25.7 Å². The van der Waals surface area contributed by atoms with E-state index in [1.807, 2.05) is 0 Å². The summed E-state index contributed by atoms with van der Waals surface area (Å²) in [5.74, 6) is 0.447. The minimum absolute atomic E-state index is 0.0621. The van der Waals surface area contributed by atoms with Crippen molar-refractivity contribution < 1.29 is 17.9 Å². The minimum atomic E-state index is -3.27. The molecule has 23 heavy (non-hydrogen) atoms. The van der Waals surface area contributed by atoms with Gasteiger partial charge in [0.2, 0.25) is 5.91 Å². The average Bonchev–Trinajstić information content (AvgIpc) is 3.04. The fraction of sp³-hybridized carbons (Fsp3) is 0.938. The lowest BCUT2D eigenvalue weighted by molar-refractivity contribution is -0.128. The number of carbonyl (C=O) groups is 1. The van der Waals surface area contributed by atoms with Crippen molar-refractivity contribution in [2.75, 3.05) is 51.3 Å². The van der Waals surface area contributed by atoms with Gasteiger partial charge in [0.25, 0.3) is 0 Å². The summed E-state index contributed by atoms with van der Waals surface area (Å²) < 4.78 is 28.6. The van der Waals surface area contributed by atoms with Crippen LogP contribution in [-0.2, 0) is 19.4 Å². The number of fused-ring (bicyclic) bond motifs is 1. The zero-order valence-electron chi connectivity index (χ0n) is 13.9. The molecule has 1 saturated carbocycles. The molecule has 0 aromatic heterocycles. The molecule has 3 rings (SSSR count). The van der Waals surface area contributed by atoms with E-state index in [1.54, 1.807) is 4.90 Å². The molecule has 0 radical (unpaired) electrons. The smallest absolute Gasteiger partial charge is 0.237 e. The van der Waals surface area contributed by atoms with Gasteiger partial charge < -0.3 is 14.5 Å². The van der Waals surface area contributed by atoms with Gasteiger partial charge in [-0.1, -0.05) is 12.8 Å². The van der Waals surface area contributed by atoms with E-state index in [9.17, 15) is 13.2 Å². The van der Waals surface area contributed by atoms with Crippen molar-refractivity contribution in [3.8, 4) is 0 Å². The lowest BCUT2D eigenvalue weighted by Gasteiger charge is -2.26. The normalized spacial score (nSPS) is 30.4. The molecule has 2 saturated heterocycles. The lowest BCUT2D eigenvalue weighted by atomic mass is 10.0. The fourth-order valence-corrected chi connectivity index (χ4v) is 4.84. The summed E-state index contributed by atoms with van der Waals surface area (Å²) in [5.41, 5.74) is 0. The fourth-order valence-electron chi connectivity index (χ4n) is 4.20. The van der Waals surface area contributed by atoms with Gasteiger partial charge in [-0.2, -0.15) is 0 Å². The van der Waals surface area contributed by atoms with Crippen LogP contribution in [0.2, 0.25) is 0 Å². The lowest BCUT2D eigenvalue weighted by Crippen LogP contribution is -2.37. The number of carbonyl (C=O) groups excluding carboxylic acids is 1. The van der Waals surface area contributed by atoms with Gasteiger partial charge >= 0.3 is 0 Å². The van der Waals surface area contributed by atoms with E-state index >= 15 is 0 Å². The molecule has 0 aromatic carbocycles. The Morgan fingerprint density at radius 1 is 1.17 bits per heavy atom. The molecule has 0 spiro atoms. The van der Waals surface area contributed by atoms with Gasteiger partial charge in [0.1, 0.15) is 5.75 Å². The van der Waals surface area contributed by atoms with Crippen molar-refractivity contribution in [1.29, 1.82) is 0 Å². The van der Waals surface area contributed by atoms with Crippen molar-refractivity contribution in [2.45, 2.75) is 31.8 Å². The number of hydrogen-bond acceptors (Lipinski definition) is 5. The summed E-state index contributed by atoms with van der Waals surface area (Å²) in [6, 6.07) is 0. The Morgan fingerprint density at radius 3 is 2.61 bits per heavy atom. The van der Waals surface area contributed by atoms with E-state index in [4.69, 9.17) is 4.74 Å². The van der Waals surface area contributed by atoms with Crippen LogP contribution in [0.25, 0.3) is 0 Å². The first-order chi connectivity index (χ1) is 10.9. The van der Waals surface area contributed by atoms with Gasteiger partial charge in [-0.05, 0) is 18.8 Å². The Labute approximate surface area is 139 Å². The highest BCUT2D eigenvalue weighted by Gasteiger charge is 2.39. The Morgan fingerprint density at radius 2 is 1.91 bits per heavy atom. The molecule has 1 amide bonds. The van der Waals surface area contributed by atoms with Crippen LogP contribution in [0, 0.1) is 11.8 Å². The molecule has 6 nitrogen and oxygen atoms in total. The Hall–Kier alpha value is -0.660. The third kappa shape index (κ3) is 4.67. The van der Waals surface area contributed by atoms with Gasteiger partial charge in [-0.3, -0.25) is 4.79 Å². The van der Waals surface area contributed by atoms with Crippen molar-refractivity contribution in [3.63, 3.8) is 0 Å². The summed E-state index contributed by atoms with van der Waals surface area (Å²) in [6.45, 7) is 4.95. The van der Waals surface area contributed by atoms with Gasteiger partial charge in [0.05, 0.1) is 12.7 Å². The topological polar surface area (TPSA) is 66.9 Å². The second kappa shape index (κ2) is 7.07. The molecule has 3 fully saturated rings. The van der Waals surface area contributed by atoms with Crippen molar-refractivity contribution in [3.05, 3.63) is 0 Å². The monoisotopic (exact) mass is 344 g/mol. The number of sulfone groups is 1. The molecule has 7 heteroatoms. The van der Waals surface area contributed by atoms with Gasteiger partial charge in [-0.25, -0.2) is 8.42 Å². The quantitative estimate of drug-likeness (QED) is 0.738. The SMILES string of the molecule is CS(=O)(=O)CC(=O)N1C[C@H]2CN(CC3CCCC3)CCO[C@H]2C1. The second-order valence-electron chi connectivity index (χ2n) is 7.45. The van der Waals surface area contributed by atoms with Crippen molar-refractivity contribution >= 4 is 15.7 Å². The standard InChI is InChI=1S/C16H28N2O4S/c1-23(20,21)12-16(19)18-10-14-9-17(6-7-22-15(14)11-18)8-13-4-2-3-5-13/h13-15H,2-12H2,1H3/t14-,15+/m1/s1. The van der Waals surface area contributed by atoms with E-state index in [2.05, 4.69) is 4.90 Å². The van der Waals surface area contributed by atoms with Crippen molar-refractivity contribution in [1.82, 2.24) is 9.80 Å². The summed E-state index contributed by atoms with van der Waals surface area (Å²) in [4.78, 5) is 16.3. The molecule has 0 unspecified atom stereocenters. The third-order valence-corrected chi connectivity index (χ3v) is 6.11. The van der Waals surface area contributed by atoms with Crippen LogP contribution < -0.4 is 0 Å². The number of nitrogens with zero attached hydrogens (tertiary/aromatic N) is 2. The Bertz CT molecular complexity index is 530. The van der Waals surface area contributed by atoms with Crippen LogP contribution in [0.15, 0.2) is 0 Å². The maximum atomic E-state index is 12.1. The highest BCUT2D eigenvalue weighted by molar-refractivity contribution is 7.91. The van der Waals surface area contributed by atoms with Gasteiger partial charge in [-0.15, -0.1) is 0 Å². The second-order valence-corrected chi connectivity index (χ2v) is 9.59. The van der Waals surface area contributed by atoms with Gasteiger partial charge in [0.15, 0.2) is 9.84 Å². The summed E-state index contributed by atoms with van der Waals surface area (Å²) >= 11 is 0. The molecule has 0 bridgehead atoms. The molecule has 2 aliphatic heterocycles. The van der Waals surface area contributed by atoms with Crippen LogP contribution in [-0.4, -0.2) is 81.6 Å². The molecule has 1 aliphatic carbocycles. The van der Waals surface area contributed by atoms with Crippen LogP contribution >= 0.6 is 0 Å². The average molecular weight is 344 g/mol. The molecule has 0 N–H and O–H groups in total. The first kappa shape index (κ1) is 17.2. The summed E-state index contributed by atoms with van der Waals surface area (Å²) in [6.07, 6.45) is 6.56. The number of amides is 1. The molecular formula is C16H28N2O4S. The van der Waals surface area contributed by atoms with E-state index in [1.165, 1.54) is 25.7 Å². The van der Waals surface area contributed by atoms with E-state index in [0.717, 1.165) is 31.8 Å². The molecular weight excluding hydrogens is 316 g/mol. The molecule has 3 aliphatic rings.